The van der Waals surface area contributed by atoms with E-state index in [1.165, 1.54) is 6.20 Å². The quantitative estimate of drug-likeness (QED) is 0.517. The summed E-state index contributed by atoms with van der Waals surface area (Å²) >= 11 is 0. The van der Waals surface area contributed by atoms with Crippen LogP contribution in [0.1, 0.15) is 52.0 Å². The fraction of sp³-hybridized carbons (Fsp3) is 0.409. The van der Waals surface area contributed by atoms with Crippen molar-refractivity contribution in [2.24, 2.45) is 0 Å². The van der Waals surface area contributed by atoms with Gasteiger partial charge in [0.05, 0.1) is 12.7 Å². The van der Waals surface area contributed by atoms with E-state index in [1.54, 1.807) is 18.7 Å². The zero-order chi connectivity index (χ0) is 21.3. The molecule has 158 valence electrons. The fourth-order valence-electron chi connectivity index (χ4n) is 4.75. The number of hydrogen-bond donors (Lipinski definition) is 3. The topological polar surface area (TPSA) is 104 Å². The highest BCUT2D eigenvalue weighted by Crippen LogP contribution is 2.38. The number of amides is 2. The molecule has 2 unspecified atom stereocenters. The Balaban J connectivity index is 1.44. The average Bonchev–Trinajstić information content (AvgIpc) is 3.03. The lowest BCUT2D eigenvalue weighted by molar-refractivity contribution is 0.0706. The smallest absolute Gasteiger partial charge is 0.276 e. The number of hydrogen-bond acceptors (Lipinski definition) is 6. The number of pyridine rings is 1. The molecule has 2 bridgehead atoms. The minimum Gasteiger partial charge on any atom is -0.496 e. The van der Waals surface area contributed by atoms with Gasteiger partial charge in [-0.3, -0.25) is 14.8 Å². The molecule has 2 aromatic rings. The molecule has 2 fully saturated rings. The normalized spacial score (nSPS) is 22.5. The Kier molecular flexibility index (Phi) is 5.59. The summed E-state index contributed by atoms with van der Waals surface area (Å²) in [5.74, 6) is 0.889. The second-order valence-corrected chi connectivity index (χ2v) is 7.91. The lowest BCUT2D eigenvalue weighted by Crippen LogP contribution is -2.50. The summed E-state index contributed by atoms with van der Waals surface area (Å²) in [6.45, 7) is 1.90. The van der Waals surface area contributed by atoms with E-state index >= 15 is 0 Å². The van der Waals surface area contributed by atoms with Gasteiger partial charge in [0.2, 0.25) is 0 Å². The molecule has 0 radical (unpaired) electrons. The number of benzene rings is 1. The lowest BCUT2D eigenvalue weighted by atomic mass is 9.96. The first kappa shape index (κ1) is 20.2. The van der Waals surface area contributed by atoms with Crippen molar-refractivity contribution in [3.8, 4) is 5.75 Å². The summed E-state index contributed by atoms with van der Waals surface area (Å²) in [7, 11) is 1.61. The van der Waals surface area contributed by atoms with Gasteiger partial charge in [-0.2, -0.15) is 0 Å². The SMILES string of the molecule is COc1cccc(C(=O)NC2CC3CCC(C2)N3c2ccc(C(=O)NO)cn2)c1C. The molecule has 0 aliphatic carbocycles. The van der Waals surface area contributed by atoms with Gasteiger partial charge in [0.1, 0.15) is 11.6 Å². The zero-order valence-corrected chi connectivity index (χ0v) is 17.1. The van der Waals surface area contributed by atoms with Crippen LogP contribution >= 0.6 is 0 Å². The molecule has 2 saturated heterocycles. The van der Waals surface area contributed by atoms with E-state index in [0.717, 1.165) is 37.1 Å². The first-order valence-electron chi connectivity index (χ1n) is 10.1. The Morgan fingerprint density at radius 1 is 1.13 bits per heavy atom. The van der Waals surface area contributed by atoms with Crippen LogP contribution in [-0.2, 0) is 0 Å². The maximum atomic E-state index is 12.9. The summed E-state index contributed by atoms with van der Waals surface area (Å²) in [4.78, 5) is 31.1. The van der Waals surface area contributed by atoms with Gasteiger partial charge in [-0.05, 0) is 56.9 Å². The van der Waals surface area contributed by atoms with Crippen molar-refractivity contribution in [1.82, 2.24) is 15.8 Å². The second-order valence-electron chi connectivity index (χ2n) is 7.91. The van der Waals surface area contributed by atoms with Gasteiger partial charge in [-0.15, -0.1) is 0 Å². The molecule has 3 N–H and O–H groups in total. The van der Waals surface area contributed by atoms with Crippen LogP contribution < -0.4 is 20.4 Å². The van der Waals surface area contributed by atoms with Crippen molar-refractivity contribution in [3.63, 3.8) is 0 Å². The lowest BCUT2D eigenvalue weighted by Gasteiger charge is -2.40. The third kappa shape index (κ3) is 3.70. The number of ether oxygens (including phenoxy) is 1. The number of carbonyl (C=O) groups is 2. The molecular weight excluding hydrogens is 384 g/mol. The maximum Gasteiger partial charge on any atom is 0.276 e. The third-order valence-corrected chi connectivity index (χ3v) is 6.19. The van der Waals surface area contributed by atoms with E-state index in [0.29, 0.717) is 29.0 Å². The van der Waals surface area contributed by atoms with Crippen LogP contribution in [0.15, 0.2) is 36.5 Å². The Morgan fingerprint density at radius 2 is 1.87 bits per heavy atom. The Labute approximate surface area is 175 Å². The second kappa shape index (κ2) is 8.31. The summed E-state index contributed by atoms with van der Waals surface area (Å²) in [6, 6.07) is 9.69. The summed E-state index contributed by atoms with van der Waals surface area (Å²) < 4.78 is 5.33. The highest BCUT2D eigenvalue weighted by Gasteiger charge is 2.41. The van der Waals surface area contributed by atoms with Gasteiger partial charge in [0.15, 0.2) is 0 Å². The number of carbonyl (C=O) groups excluding carboxylic acids is 2. The number of methoxy groups -OCH3 is 1. The number of fused-ring (bicyclic) bond motifs is 2. The van der Waals surface area contributed by atoms with Crippen LogP contribution in [0.25, 0.3) is 0 Å². The molecule has 3 heterocycles. The Bertz CT molecular complexity index is 933. The highest BCUT2D eigenvalue weighted by molar-refractivity contribution is 5.96. The van der Waals surface area contributed by atoms with E-state index in [2.05, 4.69) is 15.2 Å². The fourth-order valence-corrected chi connectivity index (χ4v) is 4.75. The molecule has 4 rings (SSSR count). The predicted molar refractivity (Wildman–Crippen MR) is 111 cm³/mol. The van der Waals surface area contributed by atoms with E-state index in [4.69, 9.17) is 9.94 Å². The van der Waals surface area contributed by atoms with Crippen LogP contribution in [0, 0.1) is 6.92 Å². The van der Waals surface area contributed by atoms with Crippen molar-refractivity contribution in [2.75, 3.05) is 12.0 Å². The number of anilines is 1. The summed E-state index contributed by atoms with van der Waals surface area (Å²) in [5.41, 5.74) is 3.41. The van der Waals surface area contributed by atoms with E-state index in [1.807, 2.05) is 31.2 Å². The van der Waals surface area contributed by atoms with Crippen LogP contribution in [0.5, 0.6) is 5.75 Å². The molecule has 2 atom stereocenters. The first-order chi connectivity index (χ1) is 14.5. The molecule has 2 amide bonds. The van der Waals surface area contributed by atoms with Crippen LogP contribution in [0.2, 0.25) is 0 Å². The van der Waals surface area contributed by atoms with Gasteiger partial charge in [0.25, 0.3) is 11.8 Å². The number of nitrogens with one attached hydrogen (secondary N) is 2. The largest absolute Gasteiger partial charge is 0.496 e. The molecule has 1 aromatic heterocycles. The van der Waals surface area contributed by atoms with Crippen molar-refractivity contribution < 1.29 is 19.5 Å². The molecule has 1 aromatic carbocycles. The van der Waals surface area contributed by atoms with E-state index in [9.17, 15) is 9.59 Å². The van der Waals surface area contributed by atoms with Crippen molar-refractivity contribution in [1.29, 1.82) is 0 Å². The van der Waals surface area contributed by atoms with Gasteiger partial charge < -0.3 is 15.0 Å². The number of rotatable bonds is 5. The standard InChI is InChI=1S/C22H26N4O4/c1-13-18(4-3-5-19(13)30-2)22(28)24-15-10-16-7-8-17(11-15)26(16)20-9-6-14(12-23-20)21(27)25-29/h3-6,9,12,15-17,29H,7-8,10-11H2,1-2H3,(H,24,28)(H,25,27). The van der Waals surface area contributed by atoms with Crippen LogP contribution in [0.3, 0.4) is 0 Å². The Morgan fingerprint density at radius 3 is 2.47 bits per heavy atom. The van der Waals surface area contributed by atoms with Gasteiger partial charge in [-0.1, -0.05) is 6.07 Å². The Hall–Kier alpha value is -3.13. The summed E-state index contributed by atoms with van der Waals surface area (Å²) in [6.07, 6.45) is 5.28. The van der Waals surface area contributed by atoms with E-state index in [-0.39, 0.29) is 11.9 Å². The van der Waals surface area contributed by atoms with Gasteiger partial charge >= 0.3 is 0 Å². The van der Waals surface area contributed by atoms with Gasteiger partial charge in [0, 0.05) is 35.4 Å². The summed E-state index contributed by atoms with van der Waals surface area (Å²) in [5, 5.41) is 12.0. The predicted octanol–water partition coefficient (Wildman–Crippen LogP) is 2.45. The molecule has 0 saturated carbocycles. The average molecular weight is 410 g/mol. The molecule has 2 aliphatic heterocycles. The molecule has 8 nitrogen and oxygen atoms in total. The monoisotopic (exact) mass is 410 g/mol. The van der Waals surface area contributed by atoms with Crippen molar-refractivity contribution >= 4 is 17.6 Å². The highest BCUT2D eigenvalue weighted by atomic mass is 16.5. The minimum atomic E-state index is -0.578. The number of aromatic nitrogens is 1. The van der Waals surface area contributed by atoms with Crippen molar-refractivity contribution in [2.45, 2.75) is 50.7 Å². The zero-order valence-electron chi connectivity index (χ0n) is 17.1. The van der Waals surface area contributed by atoms with E-state index < -0.39 is 5.91 Å². The molecule has 30 heavy (non-hydrogen) atoms. The molecule has 0 spiro atoms. The van der Waals surface area contributed by atoms with Gasteiger partial charge in [-0.25, -0.2) is 10.5 Å². The van der Waals surface area contributed by atoms with Crippen molar-refractivity contribution in [3.05, 3.63) is 53.2 Å². The minimum absolute atomic E-state index is 0.0678. The first-order valence-corrected chi connectivity index (χ1v) is 10.1. The number of nitrogens with zero attached hydrogens (tertiary/aromatic N) is 2. The van der Waals surface area contributed by atoms with Crippen LogP contribution in [0.4, 0.5) is 5.82 Å². The number of hydroxylamine groups is 1. The third-order valence-electron chi connectivity index (χ3n) is 6.19. The van der Waals surface area contributed by atoms with Crippen LogP contribution in [-0.4, -0.2) is 47.2 Å². The molecule has 2 aliphatic rings. The maximum absolute atomic E-state index is 12.9. The molecular formula is C22H26N4O4. The molecule has 8 heteroatoms. The number of piperidine rings is 1.